The molecule has 1 aromatic carbocycles. The minimum absolute atomic E-state index is 0.0335. The molecule has 26 heavy (non-hydrogen) atoms. The van der Waals surface area contributed by atoms with E-state index in [0.29, 0.717) is 13.2 Å². The largest absolute Gasteiger partial charge is 0.467 e. The highest BCUT2D eigenvalue weighted by atomic mass is 32.2. The normalized spacial score (nSPS) is 16.9. The molecule has 8 nitrogen and oxygen atoms in total. The summed E-state index contributed by atoms with van der Waals surface area (Å²) in [5, 5.41) is 2.60. The van der Waals surface area contributed by atoms with Gasteiger partial charge < -0.3 is 14.8 Å². The maximum Gasteiger partial charge on any atom is 0.328 e. The number of carbonyl (C=O) groups excluding carboxylic acids is 2. The lowest BCUT2D eigenvalue weighted by molar-refractivity contribution is -0.144. The summed E-state index contributed by atoms with van der Waals surface area (Å²) in [5.41, 5.74) is 0.161. The second-order valence-corrected chi connectivity index (χ2v) is 8.20. The summed E-state index contributed by atoms with van der Waals surface area (Å²) in [4.78, 5) is 24.3. The third-order valence-corrected chi connectivity index (χ3v) is 6.01. The Hall–Kier alpha value is -1.97. The first-order valence-electron chi connectivity index (χ1n) is 8.34. The average molecular weight is 384 g/mol. The number of morpholine rings is 1. The second kappa shape index (κ2) is 8.61. The Bertz CT molecular complexity index is 756. The van der Waals surface area contributed by atoms with Crippen molar-refractivity contribution in [1.29, 1.82) is 0 Å². The lowest BCUT2D eigenvalue weighted by Crippen LogP contribution is -2.45. The van der Waals surface area contributed by atoms with Crippen LogP contribution in [0.5, 0.6) is 0 Å². The molecule has 1 N–H and O–H groups in total. The monoisotopic (exact) mass is 384 g/mol. The first-order valence-corrected chi connectivity index (χ1v) is 9.78. The molecule has 0 bridgehead atoms. The second-order valence-electron chi connectivity index (χ2n) is 6.26. The van der Waals surface area contributed by atoms with Gasteiger partial charge in [0.1, 0.15) is 6.04 Å². The van der Waals surface area contributed by atoms with Gasteiger partial charge in [-0.05, 0) is 24.1 Å². The molecule has 1 fully saturated rings. The van der Waals surface area contributed by atoms with Crippen molar-refractivity contribution in [2.24, 2.45) is 5.92 Å². The Kier molecular flexibility index (Phi) is 6.74. The highest BCUT2D eigenvalue weighted by Gasteiger charge is 2.28. The molecule has 1 aliphatic heterocycles. The molecule has 9 heteroatoms. The van der Waals surface area contributed by atoms with Crippen LogP contribution < -0.4 is 5.32 Å². The Morgan fingerprint density at radius 3 is 2.46 bits per heavy atom. The summed E-state index contributed by atoms with van der Waals surface area (Å²) in [6.45, 7) is 4.79. The minimum Gasteiger partial charge on any atom is -0.467 e. The molecule has 1 aromatic rings. The van der Waals surface area contributed by atoms with Gasteiger partial charge in [0.05, 0.1) is 25.2 Å². The van der Waals surface area contributed by atoms with E-state index >= 15 is 0 Å². The third kappa shape index (κ3) is 4.60. The molecular weight excluding hydrogens is 360 g/mol. The lowest BCUT2D eigenvalue weighted by Gasteiger charge is -2.26. The standard InChI is InChI=1S/C17H24N2O6S/c1-12(2)15(17(21)24-3)18-16(20)13-5-4-6-14(11-13)26(22,23)19-7-9-25-10-8-19/h4-6,11-12,15H,7-10H2,1-3H3,(H,18,20). The van der Waals surface area contributed by atoms with E-state index < -0.39 is 27.9 Å². The van der Waals surface area contributed by atoms with Gasteiger partial charge in [-0.25, -0.2) is 13.2 Å². The molecular formula is C17H24N2O6S. The van der Waals surface area contributed by atoms with Crippen molar-refractivity contribution in [3.05, 3.63) is 29.8 Å². The smallest absolute Gasteiger partial charge is 0.328 e. The Morgan fingerprint density at radius 1 is 1.23 bits per heavy atom. The Morgan fingerprint density at radius 2 is 1.88 bits per heavy atom. The van der Waals surface area contributed by atoms with Crippen molar-refractivity contribution in [2.45, 2.75) is 24.8 Å². The van der Waals surface area contributed by atoms with Crippen molar-refractivity contribution in [3.8, 4) is 0 Å². The van der Waals surface area contributed by atoms with E-state index in [9.17, 15) is 18.0 Å². The van der Waals surface area contributed by atoms with Crippen molar-refractivity contribution in [2.75, 3.05) is 33.4 Å². The third-order valence-electron chi connectivity index (χ3n) is 4.11. The molecule has 0 saturated carbocycles. The van der Waals surface area contributed by atoms with Crippen LogP contribution in [0.25, 0.3) is 0 Å². The molecule has 1 unspecified atom stereocenters. The zero-order chi connectivity index (χ0) is 19.3. The minimum atomic E-state index is -3.70. The van der Waals surface area contributed by atoms with E-state index in [4.69, 9.17) is 9.47 Å². The number of methoxy groups -OCH3 is 1. The predicted molar refractivity (Wildman–Crippen MR) is 94.1 cm³/mol. The fraction of sp³-hybridized carbons (Fsp3) is 0.529. The molecule has 144 valence electrons. The summed E-state index contributed by atoms with van der Waals surface area (Å²) in [5.74, 6) is -1.26. The number of rotatable bonds is 6. The van der Waals surface area contributed by atoms with Gasteiger partial charge in [-0.2, -0.15) is 4.31 Å². The van der Waals surface area contributed by atoms with E-state index in [2.05, 4.69) is 5.32 Å². The average Bonchev–Trinajstić information content (AvgIpc) is 2.65. The van der Waals surface area contributed by atoms with E-state index in [1.807, 2.05) is 0 Å². The predicted octanol–water partition coefficient (Wildman–Crippen LogP) is 0.635. The van der Waals surface area contributed by atoms with Crippen LogP contribution in [-0.4, -0.2) is 64.1 Å². The van der Waals surface area contributed by atoms with Crippen molar-refractivity contribution in [1.82, 2.24) is 9.62 Å². The topological polar surface area (TPSA) is 102 Å². The summed E-state index contributed by atoms with van der Waals surface area (Å²) >= 11 is 0. The number of sulfonamides is 1. The molecule has 1 aliphatic rings. The fourth-order valence-corrected chi connectivity index (χ4v) is 4.04. The lowest BCUT2D eigenvalue weighted by atomic mass is 10.0. The molecule has 1 atom stereocenters. The van der Waals surface area contributed by atoms with Crippen LogP contribution in [0.1, 0.15) is 24.2 Å². The zero-order valence-corrected chi connectivity index (χ0v) is 15.9. The summed E-state index contributed by atoms with van der Waals surface area (Å²) in [7, 11) is -2.45. The molecule has 1 heterocycles. The van der Waals surface area contributed by atoms with Crippen LogP contribution in [0.2, 0.25) is 0 Å². The number of esters is 1. The van der Waals surface area contributed by atoms with Crippen LogP contribution in [0.15, 0.2) is 29.2 Å². The highest BCUT2D eigenvalue weighted by molar-refractivity contribution is 7.89. The quantitative estimate of drug-likeness (QED) is 0.722. The van der Waals surface area contributed by atoms with Crippen LogP contribution >= 0.6 is 0 Å². The van der Waals surface area contributed by atoms with Gasteiger partial charge >= 0.3 is 5.97 Å². The first kappa shape index (κ1) is 20.3. The first-order chi connectivity index (χ1) is 12.3. The van der Waals surface area contributed by atoms with Gasteiger partial charge in [0.2, 0.25) is 10.0 Å². The van der Waals surface area contributed by atoms with Gasteiger partial charge in [0.15, 0.2) is 0 Å². The van der Waals surface area contributed by atoms with Crippen molar-refractivity contribution >= 4 is 21.9 Å². The number of ether oxygens (including phenoxy) is 2. The van der Waals surface area contributed by atoms with Crippen LogP contribution in [0.3, 0.4) is 0 Å². The van der Waals surface area contributed by atoms with E-state index in [-0.39, 0.29) is 29.5 Å². The van der Waals surface area contributed by atoms with Crippen LogP contribution in [0.4, 0.5) is 0 Å². The maximum atomic E-state index is 12.7. The Labute approximate surface area is 153 Å². The number of nitrogens with zero attached hydrogens (tertiary/aromatic N) is 1. The highest BCUT2D eigenvalue weighted by Crippen LogP contribution is 2.18. The van der Waals surface area contributed by atoms with E-state index in [1.165, 1.54) is 35.7 Å². The van der Waals surface area contributed by atoms with Gasteiger partial charge in [-0.3, -0.25) is 4.79 Å². The van der Waals surface area contributed by atoms with Crippen LogP contribution in [0, 0.1) is 5.92 Å². The number of amides is 1. The zero-order valence-electron chi connectivity index (χ0n) is 15.1. The van der Waals surface area contributed by atoms with Crippen molar-refractivity contribution in [3.63, 3.8) is 0 Å². The van der Waals surface area contributed by atoms with Gasteiger partial charge in [-0.1, -0.05) is 19.9 Å². The molecule has 0 spiro atoms. The number of nitrogens with one attached hydrogen (secondary N) is 1. The molecule has 0 aliphatic carbocycles. The van der Waals surface area contributed by atoms with E-state index in [1.54, 1.807) is 13.8 Å². The molecule has 0 aromatic heterocycles. The SMILES string of the molecule is COC(=O)C(NC(=O)c1cccc(S(=O)(=O)N2CCOCC2)c1)C(C)C. The molecule has 2 rings (SSSR count). The van der Waals surface area contributed by atoms with Gasteiger partial charge in [0, 0.05) is 18.7 Å². The maximum absolute atomic E-state index is 12.7. The fourth-order valence-electron chi connectivity index (χ4n) is 2.58. The molecule has 0 radical (unpaired) electrons. The van der Waals surface area contributed by atoms with E-state index in [0.717, 1.165) is 0 Å². The molecule has 1 amide bonds. The van der Waals surface area contributed by atoms with Crippen LogP contribution in [-0.2, 0) is 24.3 Å². The summed E-state index contributed by atoms with van der Waals surface area (Å²) in [6.07, 6.45) is 0. The van der Waals surface area contributed by atoms with Gasteiger partial charge in [0.25, 0.3) is 5.91 Å². The number of hydrogen-bond donors (Lipinski definition) is 1. The van der Waals surface area contributed by atoms with Crippen molar-refractivity contribution < 1.29 is 27.5 Å². The van der Waals surface area contributed by atoms with Gasteiger partial charge in [-0.15, -0.1) is 0 Å². The summed E-state index contributed by atoms with van der Waals surface area (Å²) < 4.78 is 36.6. The number of carbonyl (C=O) groups is 2. The Balaban J connectivity index is 2.22. The summed E-state index contributed by atoms with van der Waals surface area (Å²) in [6, 6.07) is 4.95. The molecule has 1 saturated heterocycles. The number of benzene rings is 1. The number of hydrogen-bond acceptors (Lipinski definition) is 6.